The lowest BCUT2D eigenvalue weighted by molar-refractivity contribution is 0.0718. The molecule has 0 radical (unpaired) electrons. The lowest BCUT2D eigenvalue weighted by Gasteiger charge is -2.28. The van der Waals surface area contributed by atoms with Gasteiger partial charge in [0.15, 0.2) is 0 Å². The quantitative estimate of drug-likeness (QED) is 0.845. The van der Waals surface area contributed by atoms with Crippen LogP contribution in [0.15, 0.2) is 18.5 Å². The van der Waals surface area contributed by atoms with Gasteiger partial charge in [-0.3, -0.25) is 9.20 Å². The fourth-order valence-electron chi connectivity index (χ4n) is 3.13. The minimum atomic E-state index is 0.0618. The molecule has 22 heavy (non-hydrogen) atoms. The number of likely N-dealkylation sites (tertiary alicyclic amines) is 1. The number of aryl methyl sites for hydroxylation is 1. The molecule has 0 unspecified atom stereocenters. The van der Waals surface area contributed by atoms with Crippen molar-refractivity contribution >= 4 is 11.7 Å². The number of hydrogen-bond acceptors (Lipinski definition) is 4. The number of rotatable bonds is 2. The molecule has 0 N–H and O–H groups in total. The average molecular weight is 301 g/mol. The smallest absolute Gasteiger partial charge is 0.272 e. The molecule has 0 aromatic carbocycles. The SMILES string of the molecule is Cc1nc2ncccn2c1C(=O)N1CCCC[C@H](N(C)C)C1. The van der Waals surface area contributed by atoms with Crippen LogP contribution in [0.4, 0.5) is 0 Å². The number of amides is 1. The summed E-state index contributed by atoms with van der Waals surface area (Å²) in [7, 11) is 4.17. The van der Waals surface area contributed by atoms with Gasteiger partial charge in [0, 0.05) is 31.5 Å². The van der Waals surface area contributed by atoms with E-state index in [1.807, 2.05) is 24.1 Å². The maximum absolute atomic E-state index is 13.0. The Bertz CT molecular complexity index is 678. The van der Waals surface area contributed by atoms with Crippen LogP contribution >= 0.6 is 0 Å². The minimum Gasteiger partial charge on any atom is -0.336 e. The molecule has 3 heterocycles. The van der Waals surface area contributed by atoms with Gasteiger partial charge in [-0.25, -0.2) is 9.97 Å². The first kappa shape index (κ1) is 15.0. The molecule has 1 fully saturated rings. The molecule has 6 nitrogen and oxygen atoms in total. The van der Waals surface area contributed by atoms with Gasteiger partial charge in [-0.05, 0) is 39.9 Å². The summed E-state index contributed by atoms with van der Waals surface area (Å²) < 4.78 is 1.80. The van der Waals surface area contributed by atoms with Gasteiger partial charge in [0.05, 0.1) is 5.69 Å². The summed E-state index contributed by atoms with van der Waals surface area (Å²) in [5.74, 6) is 0.647. The highest BCUT2D eigenvalue weighted by molar-refractivity contribution is 5.94. The first-order valence-corrected chi connectivity index (χ1v) is 7.83. The molecule has 1 aliphatic heterocycles. The Kier molecular flexibility index (Phi) is 4.11. The minimum absolute atomic E-state index is 0.0618. The fourth-order valence-corrected chi connectivity index (χ4v) is 3.13. The van der Waals surface area contributed by atoms with Crippen LogP contribution < -0.4 is 0 Å². The van der Waals surface area contributed by atoms with Crippen LogP contribution in [0.2, 0.25) is 0 Å². The highest BCUT2D eigenvalue weighted by atomic mass is 16.2. The Morgan fingerprint density at radius 3 is 2.95 bits per heavy atom. The number of nitrogens with zero attached hydrogens (tertiary/aromatic N) is 5. The van der Waals surface area contributed by atoms with E-state index in [1.54, 1.807) is 10.6 Å². The van der Waals surface area contributed by atoms with Gasteiger partial charge in [-0.2, -0.15) is 0 Å². The Morgan fingerprint density at radius 1 is 1.36 bits per heavy atom. The summed E-state index contributed by atoms with van der Waals surface area (Å²) in [6.07, 6.45) is 6.93. The first-order valence-electron chi connectivity index (χ1n) is 7.83. The molecule has 3 rings (SSSR count). The number of hydrogen-bond donors (Lipinski definition) is 0. The molecule has 0 aliphatic carbocycles. The predicted molar refractivity (Wildman–Crippen MR) is 85.0 cm³/mol. The summed E-state index contributed by atoms with van der Waals surface area (Å²) in [6.45, 7) is 3.47. The van der Waals surface area contributed by atoms with Crippen LogP contribution in [0.1, 0.15) is 35.4 Å². The molecule has 0 spiro atoms. The van der Waals surface area contributed by atoms with E-state index in [0.29, 0.717) is 17.5 Å². The van der Waals surface area contributed by atoms with Crippen molar-refractivity contribution in [2.75, 3.05) is 27.2 Å². The molecule has 118 valence electrons. The van der Waals surface area contributed by atoms with Gasteiger partial charge < -0.3 is 9.80 Å². The number of fused-ring (bicyclic) bond motifs is 1. The van der Waals surface area contributed by atoms with Gasteiger partial charge in [-0.1, -0.05) is 6.42 Å². The van der Waals surface area contributed by atoms with Crippen molar-refractivity contribution in [3.63, 3.8) is 0 Å². The van der Waals surface area contributed by atoms with E-state index in [-0.39, 0.29) is 5.91 Å². The van der Waals surface area contributed by atoms with E-state index in [4.69, 9.17) is 0 Å². The monoisotopic (exact) mass is 301 g/mol. The van der Waals surface area contributed by atoms with Crippen LogP contribution in [0.5, 0.6) is 0 Å². The molecule has 0 bridgehead atoms. The zero-order valence-electron chi connectivity index (χ0n) is 13.5. The van der Waals surface area contributed by atoms with E-state index in [2.05, 4.69) is 29.0 Å². The highest BCUT2D eigenvalue weighted by Gasteiger charge is 2.27. The Hall–Kier alpha value is -1.95. The summed E-state index contributed by atoms with van der Waals surface area (Å²) in [4.78, 5) is 25.9. The van der Waals surface area contributed by atoms with Crippen LogP contribution in [-0.2, 0) is 0 Å². The van der Waals surface area contributed by atoms with Crippen molar-refractivity contribution in [3.05, 3.63) is 29.8 Å². The summed E-state index contributed by atoms with van der Waals surface area (Å²) >= 11 is 0. The predicted octanol–water partition coefficient (Wildman–Crippen LogP) is 1.59. The maximum atomic E-state index is 13.0. The molecule has 0 saturated carbocycles. The highest BCUT2D eigenvalue weighted by Crippen LogP contribution is 2.18. The largest absolute Gasteiger partial charge is 0.336 e. The lowest BCUT2D eigenvalue weighted by Crippen LogP contribution is -2.42. The second-order valence-corrected chi connectivity index (χ2v) is 6.20. The van der Waals surface area contributed by atoms with E-state index >= 15 is 0 Å². The molecule has 1 saturated heterocycles. The van der Waals surface area contributed by atoms with Crippen LogP contribution in [0, 0.1) is 6.92 Å². The number of carbonyl (C=O) groups excluding carboxylic acids is 1. The van der Waals surface area contributed by atoms with E-state index in [0.717, 1.165) is 31.6 Å². The second-order valence-electron chi connectivity index (χ2n) is 6.20. The zero-order valence-corrected chi connectivity index (χ0v) is 13.5. The molecule has 6 heteroatoms. The van der Waals surface area contributed by atoms with Crippen molar-refractivity contribution in [3.8, 4) is 0 Å². The van der Waals surface area contributed by atoms with E-state index in [1.165, 1.54) is 6.42 Å². The van der Waals surface area contributed by atoms with Gasteiger partial charge in [-0.15, -0.1) is 0 Å². The average Bonchev–Trinajstić information content (AvgIpc) is 2.68. The first-order chi connectivity index (χ1) is 10.6. The molecule has 2 aromatic rings. The van der Waals surface area contributed by atoms with Crippen LogP contribution in [0.25, 0.3) is 5.78 Å². The molecular formula is C16H23N5O. The van der Waals surface area contributed by atoms with Crippen molar-refractivity contribution in [1.29, 1.82) is 0 Å². The van der Waals surface area contributed by atoms with E-state index < -0.39 is 0 Å². The Balaban J connectivity index is 1.93. The number of likely N-dealkylation sites (N-methyl/N-ethyl adjacent to an activating group) is 1. The second kappa shape index (κ2) is 6.04. The standard InChI is InChI=1S/C16H23N5O/c1-12-14(21-10-6-8-17-16(21)18-12)15(22)20-9-5-4-7-13(11-20)19(2)3/h6,8,10,13H,4-5,7,9,11H2,1-3H3/t13-/m0/s1. The fraction of sp³-hybridized carbons (Fsp3) is 0.562. The maximum Gasteiger partial charge on any atom is 0.272 e. The molecule has 1 aliphatic rings. The van der Waals surface area contributed by atoms with Gasteiger partial charge in [0.25, 0.3) is 5.91 Å². The third-order valence-electron chi connectivity index (χ3n) is 4.44. The normalized spacial score (nSPS) is 19.6. The van der Waals surface area contributed by atoms with Gasteiger partial charge in [0.1, 0.15) is 5.69 Å². The summed E-state index contributed by atoms with van der Waals surface area (Å²) in [6, 6.07) is 2.25. The van der Waals surface area contributed by atoms with Crippen molar-refractivity contribution in [1.82, 2.24) is 24.2 Å². The molecule has 2 aromatic heterocycles. The van der Waals surface area contributed by atoms with Crippen molar-refractivity contribution in [2.24, 2.45) is 0 Å². The third kappa shape index (κ3) is 2.70. The van der Waals surface area contributed by atoms with Crippen molar-refractivity contribution < 1.29 is 4.79 Å². The van der Waals surface area contributed by atoms with Crippen molar-refractivity contribution in [2.45, 2.75) is 32.2 Å². The molecular weight excluding hydrogens is 278 g/mol. The van der Waals surface area contributed by atoms with Crippen LogP contribution in [0.3, 0.4) is 0 Å². The molecule has 1 atom stereocenters. The topological polar surface area (TPSA) is 53.7 Å². The third-order valence-corrected chi connectivity index (χ3v) is 4.44. The number of carbonyl (C=O) groups is 1. The lowest BCUT2D eigenvalue weighted by atomic mass is 10.1. The van der Waals surface area contributed by atoms with Gasteiger partial charge in [0.2, 0.25) is 5.78 Å². The summed E-state index contributed by atoms with van der Waals surface area (Å²) in [5.41, 5.74) is 1.39. The zero-order chi connectivity index (χ0) is 15.7. The Morgan fingerprint density at radius 2 is 2.18 bits per heavy atom. The number of aromatic nitrogens is 3. The van der Waals surface area contributed by atoms with Gasteiger partial charge >= 0.3 is 0 Å². The Labute approximate surface area is 130 Å². The van der Waals surface area contributed by atoms with E-state index in [9.17, 15) is 4.79 Å². The van der Waals surface area contributed by atoms with Crippen LogP contribution in [-0.4, -0.2) is 63.3 Å². The number of imidazole rings is 1. The molecule has 1 amide bonds. The summed E-state index contributed by atoms with van der Waals surface area (Å²) in [5, 5.41) is 0.